The van der Waals surface area contributed by atoms with Crippen molar-refractivity contribution in [3.8, 4) is 0 Å². The summed E-state index contributed by atoms with van der Waals surface area (Å²) >= 11 is 7.28. The van der Waals surface area contributed by atoms with Crippen molar-refractivity contribution in [2.24, 2.45) is 0 Å². The zero-order valence-corrected chi connectivity index (χ0v) is 12.6. The number of amides is 1. The number of nitrogens with zero attached hydrogens (tertiary/aromatic N) is 5. The van der Waals surface area contributed by atoms with Crippen LogP contribution in [-0.2, 0) is 13.1 Å². The van der Waals surface area contributed by atoms with Gasteiger partial charge in [0.25, 0.3) is 5.91 Å². The Kier molecular flexibility index (Phi) is 4.91. The first-order valence-electron chi connectivity index (χ1n) is 5.87. The predicted octanol–water partition coefficient (Wildman–Crippen LogP) is 1.39. The number of carbonyl (C=O) groups excluding carboxylic acids is 1. The standard InChI is InChI=1S/C11H13ClN6OS/c1-3-18-6-15-17-8(18)5-13-10(19)9-7(12)4-14-11(16-9)20-2/h4,6H,3,5H2,1-2H3,(H,13,19). The zero-order chi connectivity index (χ0) is 14.5. The molecule has 1 amide bonds. The Labute approximate surface area is 125 Å². The molecule has 0 unspecified atom stereocenters. The van der Waals surface area contributed by atoms with E-state index < -0.39 is 0 Å². The van der Waals surface area contributed by atoms with Crippen molar-refractivity contribution in [1.29, 1.82) is 0 Å². The summed E-state index contributed by atoms with van der Waals surface area (Å²) in [4.78, 5) is 20.2. The first kappa shape index (κ1) is 14.7. The fraction of sp³-hybridized carbons (Fsp3) is 0.364. The fourth-order valence-corrected chi connectivity index (χ4v) is 2.05. The molecule has 2 heterocycles. The lowest BCUT2D eigenvalue weighted by Gasteiger charge is -2.07. The van der Waals surface area contributed by atoms with Gasteiger partial charge in [-0.25, -0.2) is 9.97 Å². The average Bonchev–Trinajstić information content (AvgIpc) is 2.92. The SMILES string of the molecule is CCn1cnnc1CNC(=O)c1nc(SC)ncc1Cl. The second kappa shape index (κ2) is 6.67. The van der Waals surface area contributed by atoms with E-state index >= 15 is 0 Å². The van der Waals surface area contributed by atoms with Crippen molar-refractivity contribution < 1.29 is 4.79 Å². The van der Waals surface area contributed by atoms with Gasteiger partial charge in [-0.05, 0) is 13.2 Å². The third kappa shape index (κ3) is 3.26. The maximum Gasteiger partial charge on any atom is 0.271 e. The van der Waals surface area contributed by atoms with Gasteiger partial charge in [-0.15, -0.1) is 10.2 Å². The number of nitrogens with one attached hydrogen (secondary N) is 1. The number of halogens is 1. The van der Waals surface area contributed by atoms with Gasteiger partial charge in [-0.2, -0.15) is 0 Å². The average molecular weight is 313 g/mol. The molecule has 9 heteroatoms. The minimum Gasteiger partial charge on any atom is -0.343 e. The van der Waals surface area contributed by atoms with Gasteiger partial charge in [0.1, 0.15) is 6.33 Å². The lowest BCUT2D eigenvalue weighted by molar-refractivity contribution is 0.0943. The van der Waals surface area contributed by atoms with Crippen LogP contribution in [0.25, 0.3) is 0 Å². The molecule has 2 rings (SSSR count). The van der Waals surface area contributed by atoms with Crippen LogP contribution in [0.2, 0.25) is 5.02 Å². The Bertz CT molecular complexity index is 617. The Morgan fingerprint density at radius 3 is 3.05 bits per heavy atom. The van der Waals surface area contributed by atoms with Crippen LogP contribution in [0.5, 0.6) is 0 Å². The zero-order valence-electron chi connectivity index (χ0n) is 11.0. The van der Waals surface area contributed by atoms with Crippen molar-refractivity contribution in [1.82, 2.24) is 30.0 Å². The van der Waals surface area contributed by atoms with Crippen LogP contribution in [0.3, 0.4) is 0 Å². The topological polar surface area (TPSA) is 85.6 Å². The van der Waals surface area contributed by atoms with E-state index in [1.165, 1.54) is 18.0 Å². The molecular formula is C11H13ClN6OS. The molecule has 0 aliphatic carbocycles. The monoisotopic (exact) mass is 312 g/mol. The molecule has 0 radical (unpaired) electrons. The van der Waals surface area contributed by atoms with Crippen molar-refractivity contribution >= 4 is 29.3 Å². The van der Waals surface area contributed by atoms with Crippen LogP contribution < -0.4 is 5.32 Å². The minimum absolute atomic E-state index is 0.161. The van der Waals surface area contributed by atoms with Gasteiger partial charge in [0.2, 0.25) is 0 Å². The molecule has 0 aliphatic heterocycles. The van der Waals surface area contributed by atoms with E-state index in [4.69, 9.17) is 11.6 Å². The van der Waals surface area contributed by atoms with Gasteiger partial charge < -0.3 is 9.88 Å². The summed E-state index contributed by atoms with van der Waals surface area (Å²) in [6.07, 6.45) is 4.86. The minimum atomic E-state index is -0.363. The summed E-state index contributed by atoms with van der Waals surface area (Å²) < 4.78 is 1.84. The first-order valence-corrected chi connectivity index (χ1v) is 7.47. The third-order valence-electron chi connectivity index (χ3n) is 2.56. The number of hydrogen-bond acceptors (Lipinski definition) is 6. The maximum absolute atomic E-state index is 12.1. The van der Waals surface area contributed by atoms with Crippen molar-refractivity contribution in [2.75, 3.05) is 6.26 Å². The largest absolute Gasteiger partial charge is 0.343 e. The smallest absolute Gasteiger partial charge is 0.271 e. The molecule has 2 aromatic rings. The van der Waals surface area contributed by atoms with Gasteiger partial charge >= 0.3 is 0 Å². The van der Waals surface area contributed by atoms with E-state index in [9.17, 15) is 4.79 Å². The van der Waals surface area contributed by atoms with E-state index in [1.54, 1.807) is 6.33 Å². The van der Waals surface area contributed by atoms with Crippen LogP contribution in [0.1, 0.15) is 23.2 Å². The van der Waals surface area contributed by atoms with Crippen LogP contribution in [0, 0.1) is 0 Å². The summed E-state index contributed by atoms with van der Waals surface area (Å²) in [5, 5.41) is 11.2. The molecule has 0 atom stereocenters. The quantitative estimate of drug-likeness (QED) is 0.663. The number of carbonyl (C=O) groups is 1. The van der Waals surface area contributed by atoms with E-state index in [-0.39, 0.29) is 23.2 Å². The highest BCUT2D eigenvalue weighted by Crippen LogP contribution is 2.16. The summed E-state index contributed by atoms with van der Waals surface area (Å²) in [5.74, 6) is 0.314. The number of aromatic nitrogens is 5. The fourth-order valence-electron chi connectivity index (χ4n) is 1.53. The molecule has 0 saturated heterocycles. The molecule has 0 fully saturated rings. The van der Waals surface area contributed by atoms with Gasteiger partial charge in [0.15, 0.2) is 16.7 Å². The number of hydrogen-bond donors (Lipinski definition) is 1. The van der Waals surface area contributed by atoms with E-state index in [0.717, 1.165) is 6.54 Å². The molecule has 20 heavy (non-hydrogen) atoms. The number of rotatable bonds is 5. The molecule has 0 aliphatic rings. The lowest BCUT2D eigenvalue weighted by atomic mass is 10.3. The second-order valence-corrected chi connectivity index (χ2v) is 4.95. The van der Waals surface area contributed by atoms with Crippen LogP contribution in [0.4, 0.5) is 0 Å². The van der Waals surface area contributed by atoms with Crippen LogP contribution in [-0.4, -0.2) is 36.9 Å². The second-order valence-electron chi connectivity index (χ2n) is 3.77. The Hall–Kier alpha value is -1.67. The maximum atomic E-state index is 12.1. The van der Waals surface area contributed by atoms with Crippen LogP contribution in [0.15, 0.2) is 17.7 Å². The molecule has 7 nitrogen and oxygen atoms in total. The number of aryl methyl sites for hydroxylation is 1. The molecule has 106 valence electrons. The molecule has 0 spiro atoms. The molecular weight excluding hydrogens is 300 g/mol. The Balaban J connectivity index is 2.09. The van der Waals surface area contributed by atoms with Gasteiger partial charge in [-0.1, -0.05) is 23.4 Å². The summed E-state index contributed by atoms with van der Waals surface area (Å²) in [5.41, 5.74) is 0.161. The summed E-state index contributed by atoms with van der Waals surface area (Å²) in [6.45, 7) is 2.98. The first-order chi connectivity index (χ1) is 9.65. The van der Waals surface area contributed by atoms with Crippen LogP contribution >= 0.6 is 23.4 Å². The normalized spacial score (nSPS) is 10.6. The van der Waals surface area contributed by atoms with Crippen molar-refractivity contribution in [3.05, 3.63) is 29.1 Å². The van der Waals surface area contributed by atoms with Crippen molar-refractivity contribution in [2.45, 2.75) is 25.2 Å². The number of thioether (sulfide) groups is 1. The summed E-state index contributed by atoms with van der Waals surface area (Å²) in [6, 6.07) is 0. The highest BCUT2D eigenvalue weighted by Gasteiger charge is 2.14. The predicted molar refractivity (Wildman–Crippen MR) is 75.7 cm³/mol. The Morgan fingerprint density at radius 2 is 2.35 bits per heavy atom. The van der Waals surface area contributed by atoms with Gasteiger partial charge in [0, 0.05) is 6.54 Å². The molecule has 2 aromatic heterocycles. The molecule has 0 saturated carbocycles. The van der Waals surface area contributed by atoms with E-state index in [1.807, 2.05) is 17.7 Å². The van der Waals surface area contributed by atoms with Gasteiger partial charge in [0.05, 0.1) is 17.8 Å². The lowest BCUT2D eigenvalue weighted by Crippen LogP contribution is -2.26. The van der Waals surface area contributed by atoms with E-state index in [0.29, 0.717) is 11.0 Å². The Morgan fingerprint density at radius 1 is 1.55 bits per heavy atom. The summed E-state index contributed by atoms with van der Waals surface area (Å²) in [7, 11) is 0. The molecule has 0 aromatic carbocycles. The molecule has 1 N–H and O–H groups in total. The van der Waals surface area contributed by atoms with Gasteiger partial charge in [-0.3, -0.25) is 4.79 Å². The highest BCUT2D eigenvalue weighted by atomic mass is 35.5. The molecule has 0 bridgehead atoms. The van der Waals surface area contributed by atoms with E-state index in [2.05, 4.69) is 25.5 Å². The highest BCUT2D eigenvalue weighted by molar-refractivity contribution is 7.98. The van der Waals surface area contributed by atoms with Crippen molar-refractivity contribution in [3.63, 3.8) is 0 Å². The third-order valence-corrected chi connectivity index (χ3v) is 3.40.